The number of aromatic nitrogens is 4. The van der Waals surface area contributed by atoms with Crippen molar-refractivity contribution < 1.29 is 9.13 Å². The summed E-state index contributed by atoms with van der Waals surface area (Å²) in [6.45, 7) is 2.09. The molecule has 0 amide bonds. The fourth-order valence-corrected chi connectivity index (χ4v) is 4.16. The number of nitrogens with one attached hydrogen (secondary N) is 1. The number of benzene rings is 3. The number of halogens is 1. The predicted molar refractivity (Wildman–Crippen MR) is 116 cm³/mol. The van der Waals surface area contributed by atoms with E-state index in [4.69, 9.17) is 4.74 Å². The van der Waals surface area contributed by atoms with Gasteiger partial charge in [0.15, 0.2) is 5.82 Å². The van der Waals surface area contributed by atoms with Crippen molar-refractivity contribution in [2.75, 3.05) is 12.4 Å². The molecule has 2 aromatic heterocycles. The van der Waals surface area contributed by atoms with Gasteiger partial charge in [-0.2, -0.15) is 4.52 Å². The Balaban J connectivity index is 1.45. The first-order chi connectivity index (χ1) is 14.6. The van der Waals surface area contributed by atoms with Crippen molar-refractivity contribution in [1.29, 1.82) is 0 Å². The van der Waals surface area contributed by atoms with Gasteiger partial charge in [0, 0.05) is 11.6 Å². The first-order valence-electron chi connectivity index (χ1n) is 9.43. The standard InChI is InChI=1S/C22H18FN5OS/c1-13(14-3-4-16-12-19(29-2)10-5-15(16)11-14)20-25-26-22-28(20)27-21(30-22)24-18-8-6-17(23)7-9-18/h3-13H,1-2H3,(H,24,27). The Bertz CT molecular complexity index is 1350. The van der Waals surface area contributed by atoms with Crippen molar-refractivity contribution in [2.45, 2.75) is 12.8 Å². The molecule has 1 N–H and O–H groups in total. The van der Waals surface area contributed by atoms with Gasteiger partial charge in [0.05, 0.1) is 7.11 Å². The molecule has 2 heterocycles. The van der Waals surface area contributed by atoms with E-state index in [1.165, 1.54) is 23.5 Å². The van der Waals surface area contributed by atoms with Crippen LogP contribution in [0, 0.1) is 5.82 Å². The number of ether oxygens (including phenoxy) is 1. The SMILES string of the molecule is COc1ccc2cc(C(C)c3nnc4sc(Nc5ccc(F)cc5)nn34)ccc2c1. The summed E-state index contributed by atoms with van der Waals surface area (Å²) in [5.74, 6) is 1.34. The van der Waals surface area contributed by atoms with Gasteiger partial charge in [-0.1, -0.05) is 42.5 Å². The van der Waals surface area contributed by atoms with Crippen LogP contribution in [-0.4, -0.2) is 26.9 Å². The molecule has 0 bridgehead atoms. The Kier molecular flexibility index (Phi) is 4.55. The average molecular weight is 419 g/mol. The maximum Gasteiger partial charge on any atom is 0.236 e. The minimum Gasteiger partial charge on any atom is -0.497 e. The molecule has 0 saturated carbocycles. The highest BCUT2D eigenvalue weighted by molar-refractivity contribution is 7.20. The van der Waals surface area contributed by atoms with Crippen molar-refractivity contribution in [2.24, 2.45) is 0 Å². The summed E-state index contributed by atoms with van der Waals surface area (Å²) >= 11 is 1.40. The Hall–Kier alpha value is -3.52. The number of nitrogens with zero attached hydrogens (tertiary/aromatic N) is 4. The molecule has 150 valence electrons. The van der Waals surface area contributed by atoms with E-state index in [2.05, 4.69) is 51.8 Å². The fourth-order valence-electron chi connectivity index (χ4n) is 3.40. The fraction of sp³-hybridized carbons (Fsp3) is 0.136. The topological polar surface area (TPSA) is 64.3 Å². The molecule has 1 atom stereocenters. The van der Waals surface area contributed by atoms with Crippen molar-refractivity contribution in [3.05, 3.63) is 77.9 Å². The van der Waals surface area contributed by atoms with Crippen LogP contribution in [0.5, 0.6) is 5.75 Å². The van der Waals surface area contributed by atoms with E-state index in [1.54, 1.807) is 23.8 Å². The summed E-state index contributed by atoms with van der Waals surface area (Å²) in [5, 5.41) is 19.4. The van der Waals surface area contributed by atoms with E-state index in [-0.39, 0.29) is 11.7 Å². The smallest absolute Gasteiger partial charge is 0.236 e. The van der Waals surface area contributed by atoms with Crippen LogP contribution in [0.3, 0.4) is 0 Å². The summed E-state index contributed by atoms with van der Waals surface area (Å²) in [6.07, 6.45) is 0. The molecule has 0 spiro atoms. The van der Waals surface area contributed by atoms with Gasteiger partial charge in [-0.15, -0.1) is 15.3 Å². The van der Waals surface area contributed by atoms with Gasteiger partial charge in [0.25, 0.3) is 0 Å². The number of hydrogen-bond donors (Lipinski definition) is 1. The summed E-state index contributed by atoms with van der Waals surface area (Å²) < 4.78 is 20.2. The van der Waals surface area contributed by atoms with Gasteiger partial charge in [-0.05, 0) is 52.7 Å². The molecule has 0 fully saturated rings. The molecule has 0 radical (unpaired) electrons. The molecule has 0 saturated heterocycles. The maximum absolute atomic E-state index is 13.1. The normalized spacial score (nSPS) is 12.4. The van der Waals surface area contributed by atoms with E-state index in [0.29, 0.717) is 10.1 Å². The third-order valence-corrected chi connectivity index (χ3v) is 5.88. The van der Waals surface area contributed by atoms with Crippen LogP contribution in [-0.2, 0) is 0 Å². The van der Waals surface area contributed by atoms with E-state index in [1.807, 2.05) is 12.1 Å². The van der Waals surface area contributed by atoms with Gasteiger partial charge in [-0.3, -0.25) is 0 Å². The lowest BCUT2D eigenvalue weighted by molar-refractivity contribution is 0.415. The zero-order valence-electron chi connectivity index (χ0n) is 16.3. The Morgan fingerprint density at radius 1 is 1.00 bits per heavy atom. The molecule has 3 aromatic carbocycles. The van der Waals surface area contributed by atoms with E-state index in [0.717, 1.165) is 33.6 Å². The Morgan fingerprint density at radius 3 is 2.57 bits per heavy atom. The Labute approximate surface area is 176 Å². The van der Waals surface area contributed by atoms with Gasteiger partial charge in [0.1, 0.15) is 11.6 Å². The van der Waals surface area contributed by atoms with Crippen LogP contribution in [0.15, 0.2) is 60.7 Å². The van der Waals surface area contributed by atoms with Crippen LogP contribution < -0.4 is 10.1 Å². The van der Waals surface area contributed by atoms with Crippen LogP contribution >= 0.6 is 11.3 Å². The molecule has 1 unspecified atom stereocenters. The number of rotatable bonds is 5. The van der Waals surface area contributed by atoms with Crippen LogP contribution in [0.4, 0.5) is 15.2 Å². The second-order valence-electron chi connectivity index (χ2n) is 6.99. The van der Waals surface area contributed by atoms with Crippen molar-refractivity contribution in [1.82, 2.24) is 19.8 Å². The van der Waals surface area contributed by atoms with E-state index in [9.17, 15) is 4.39 Å². The molecule has 30 heavy (non-hydrogen) atoms. The lowest BCUT2D eigenvalue weighted by atomic mass is 9.97. The minimum atomic E-state index is -0.274. The average Bonchev–Trinajstić information content (AvgIpc) is 3.34. The second-order valence-corrected chi connectivity index (χ2v) is 7.94. The first-order valence-corrected chi connectivity index (χ1v) is 10.2. The number of hydrogen-bond acceptors (Lipinski definition) is 6. The highest BCUT2D eigenvalue weighted by atomic mass is 32.1. The zero-order chi connectivity index (χ0) is 20.7. The predicted octanol–water partition coefficient (Wildman–Crippen LogP) is 5.38. The third kappa shape index (κ3) is 3.35. The molecule has 6 nitrogen and oxygen atoms in total. The van der Waals surface area contributed by atoms with Crippen molar-refractivity contribution in [3.8, 4) is 5.75 Å². The summed E-state index contributed by atoms with van der Waals surface area (Å²) in [4.78, 5) is 0.701. The minimum absolute atomic E-state index is 0.00673. The molecule has 8 heteroatoms. The molecule has 0 aliphatic heterocycles. The molecular formula is C22H18FN5OS. The van der Waals surface area contributed by atoms with Crippen molar-refractivity contribution in [3.63, 3.8) is 0 Å². The van der Waals surface area contributed by atoms with Gasteiger partial charge >= 0.3 is 0 Å². The monoisotopic (exact) mass is 419 g/mol. The van der Waals surface area contributed by atoms with Gasteiger partial charge in [-0.25, -0.2) is 4.39 Å². The van der Waals surface area contributed by atoms with E-state index < -0.39 is 0 Å². The summed E-state index contributed by atoms with van der Waals surface area (Å²) in [5.41, 5.74) is 1.89. The van der Waals surface area contributed by atoms with Gasteiger partial charge < -0.3 is 10.1 Å². The Morgan fingerprint density at radius 2 is 1.77 bits per heavy atom. The quantitative estimate of drug-likeness (QED) is 0.414. The number of methoxy groups -OCH3 is 1. The largest absolute Gasteiger partial charge is 0.497 e. The maximum atomic E-state index is 13.1. The van der Waals surface area contributed by atoms with Crippen LogP contribution in [0.1, 0.15) is 24.2 Å². The lowest BCUT2D eigenvalue weighted by Gasteiger charge is -2.11. The summed E-state index contributed by atoms with van der Waals surface area (Å²) in [7, 11) is 1.67. The molecular weight excluding hydrogens is 401 g/mol. The van der Waals surface area contributed by atoms with Crippen LogP contribution in [0.25, 0.3) is 15.7 Å². The molecule has 0 aliphatic rings. The first kappa shape index (κ1) is 18.5. The molecule has 0 aliphatic carbocycles. The zero-order valence-corrected chi connectivity index (χ0v) is 17.2. The number of fused-ring (bicyclic) bond motifs is 2. The lowest BCUT2D eigenvalue weighted by Crippen LogP contribution is -2.04. The molecule has 5 rings (SSSR count). The van der Waals surface area contributed by atoms with E-state index >= 15 is 0 Å². The second kappa shape index (κ2) is 7.38. The summed E-state index contributed by atoms with van der Waals surface area (Å²) in [6, 6.07) is 18.5. The molecule has 5 aromatic rings. The van der Waals surface area contributed by atoms with Crippen molar-refractivity contribution >= 4 is 37.9 Å². The van der Waals surface area contributed by atoms with Crippen LogP contribution in [0.2, 0.25) is 0 Å². The number of anilines is 2. The third-order valence-electron chi connectivity index (χ3n) is 5.07. The van der Waals surface area contributed by atoms with Gasteiger partial charge in [0.2, 0.25) is 10.1 Å². The highest BCUT2D eigenvalue weighted by Gasteiger charge is 2.19. The highest BCUT2D eigenvalue weighted by Crippen LogP contribution is 2.30.